The Balaban J connectivity index is 3.63. The zero-order chi connectivity index (χ0) is 7.44. The smallest absolute Gasteiger partial charge is 0.405 e. The van der Waals surface area contributed by atoms with Gasteiger partial charge in [-0.1, -0.05) is 0 Å². The molecule has 0 aliphatic carbocycles. The first-order valence-electron chi connectivity index (χ1n) is 2.54. The number of hydrogen-bond donors (Lipinski definition) is 2. The molecule has 0 fully saturated rings. The van der Waals surface area contributed by atoms with Crippen LogP contribution in [0, 0.1) is 0 Å². The summed E-state index contributed by atoms with van der Waals surface area (Å²) < 4.78 is 0. The molecule has 2 N–H and O–H groups in total. The lowest BCUT2D eigenvalue weighted by Gasteiger charge is -2.04. The van der Waals surface area contributed by atoms with Gasteiger partial charge in [0.15, 0.2) is 5.78 Å². The van der Waals surface area contributed by atoms with Crippen molar-refractivity contribution >= 4 is 11.9 Å². The summed E-state index contributed by atoms with van der Waals surface area (Å²) in [5.74, 6) is -0.183. The van der Waals surface area contributed by atoms with E-state index in [-0.39, 0.29) is 5.78 Å². The Hall–Kier alpha value is -1.06. The van der Waals surface area contributed by atoms with Crippen LogP contribution in [-0.2, 0) is 4.79 Å². The van der Waals surface area contributed by atoms with Crippen LogP contribution in [0.4, 0.5) is 4.79 Å². The minimum atomic E-state index is -1.17. The third-order valence-corrected chi connectivity index (χ3v) is 0.950. The van der Waals surface area contributed by atoms with E-state index in [2.05, 4.69) is 0 Å². The molecule has 1 atom stereocenters. The zero-order valence-electron chi connectivity index (χ0n) is 5.34. The van der Waals surface area contributed by atoms with Crippen LogP contribution < -0.4 is 5.32 Å². The van der Waals surface area contributed by atoms with E-state index in [1.165, 1.54) is 13.8 Å². The van der Waals surface area contributed by atoms with Crippen LogP contribution >= 0.6 is 0 Å². The Bertz CT molecular complexity index is 132. The first-order chi connectivity index (χ1) is 4.04. The molecule has 1 amide bonds. The Labute approximate surface area is 52.9 Å². The number of hydrogen-bond acceptors (Lipinski definition) is 2. The predicted molar refractivity (Wildman–Crippen MR) is 31.3 cm³/mol. The maximum absolute atomic E-state index is 10.4. The zero-order valence-corrected chi connectivity index (χ0v) is 5.34. The van der Waals surface area contributed by atoms with Crippen molar-refractivity contribution in [3.63, 3.8) is 0 Å². The fraction of sp³-hybridized carbons (Fsp3) is 0.600. The van der Waals surface area contributed by atoms with E-state index in [1.54, 1.807) is 0 Å². The van der Waals surface area contributed by atoms with Crippen molar-refractivity contribution < 1.29 is 14.7 Å². The van der Waals surface area contributed by atoms with E-state index in [4.69, 9.17) is 5.11 Å². The summed E-state index contributed by atoms with van der Waals surface area (Å²) in [7, 11) is 0. The molecule has 0 saturated carbocycles. The summed E-state index contributed by atoms with van der Waals surface area (Å²) in [6, 6.07) is -0.595. The van der Waals surface area contributed by atoms with Crippen molar-refractivity contribution in [2.24, 2.45) is 0 Å². The number of Topliss-reactive ketones (excluding diaryl/α,β-unsaturated/α-hetero) is 1. The monoisotopic (exact) mass is 131 g/mol. The van der Waals surface area contributed by atoms with Gasteiger partial charge in [-0.15, -0.1) is 0 Å². The van der Waals surface area contributed by atoms with E-state index in [9.17, 15) is 9.59 Å². The number of carbonyl (C=O) groups is 2. The molecule has 9 heavy (non-hydrogen) atoms. The van der Waals surface area contributed by atoms with Crippen LogP contribution in [0.3, 0.4) is 0 Å². The second kappa shape index (κ2) is 3.06. The fourth-order valence-electron chi connectivity index (χ4n) is 0.287. The molecule has 0 aromatic rings. The molecule has 0 bridgehead atoms. The summed E-state index contributed by atoms with van der Waals surface area (Å²) in [5.41, 5.74) is 0. The highest BCUT2D eigenvalue weighted by atomic mass is 16.4. The highest BCUT2D eigenvalue weighted by Crippen LogP contribution is 1.81. The van der Waals surface area contributed by atoms with Crippen molar-refractivity contribution in [2.75, 3.05) is 0 Å². The molecule has 52 valence electrons. The summed E-state index contributed by atoms with van der Waals surface area (Å²) in [5, 5.41) is 10.1. The Kier molecular flexibility index (Phi) is 2.70. The van der Waals surface area contributed by atoms with Crippen molar-refractivity contribution in [3.05, 3.63) is 0 Å². The predicted octanol–water partition coefficient (Wildman–Crippen LogP) is 0.232. The minimum absolute atomic E-state index is 0.183. The summed E-state index contributed by atoms with van der Waals surface area (Å²) in [6.07, 6.45) is -1.17. The Morgan fingerprint density at radius 1 is 1.56 bits per heavy atom. The number of ketones is 1. The third kappa shape index (κ3) is 3.52. The average Bonchev–Trinajstić information content (AvgIpc) is 1.63. The number of carbonyl (C=O) groups excluding carboxylic acids is 1. The summed E-state index contributed by atoms with van der Waals surface area (Å²) in [6.45, 7) is 2.83. The quantitative estimate of drug-likeness (QED) is 0.563. The average molecular weight is 131 g/mol. The lowest BCUT2D eigenvalue weighted by atomic mass is 10.2. The highest BCUT2D eigenvalue weighted by molar-refractivity contribution is 5.84. The van der Waals surface area contributed by atoms with Gasteiger partial charge in [-0.2, -0.15) is 0 Å². The van der Waals surface area contributed by atoms with Crippen LogP contribution in [0.2, 0.25) is 0 Å². The lowest BCUT2D eigenvalue weighted by molar-refractivity contribution is -0.118. The summed E-state index contributed by atoms with van der Waals surface area (Å²) >= 11 is 0. The van der Waals surface area contributed by atoms with Gasteiger partial charge in [-0.05, 0) is 13.8 Å². The molecular weight excluding hydrogens is 122 g/mol. The number of rotatable bonds is 2. The molecule has 0 aromatic carbocycles. The van der Waals surface area contributed by atoms with Gasteiger partial charge in [0.2, 0.25) is 0 Å². The second-order valence-electron chi connectivity index (χ2n) is 1.78. The van der Waals surface area contributed by atoms with Crippen molar-refractivity contribution in [3.8, 4) is 0 Å². The molecular formula is C5H9NO3. The summed E-state index contributed by atoms with van der Waals surface area (Å²) in [4.78, 5) is 20.2. The van der Waals surface area contributed by atoms with Gasteiger partial charge < -0.3 is 10.4 Å². The van der Waals surface area contributed by atoms with E-state index >= 15 is 0 Å². The molecule has 0 heterocycles. The lowest BCUT2D eigenvalue weighted by Crippen LogP contribution is -2.36. The molecule has 0 saturated heterocycles. The first-order valence-corrected chi connectivity index (χ1v) is 2.54. The number of amides is 1. The normalized spacial score (nSPS) is 12.2. The van der Waals surface area contributed by atoms with Crippen molar-refractivity contribution in [2.45, 2.75) is 19.9 Å². The largest absolute Gasteiger partial charge is 0.465 e. The van der Waals surface area contributed by atoms with Gasteiger partial charge in [0.05, 0.1) is 6.04 Å². The van der Waals surface area contributed by atoms with E-state index < -0.39 is 12.1 Å². The van der Waals surface area contributed by atoms with Gasteiger partial charge in [0, 0.05) is 0 Å². The second-order valence-corrected chi connectivity index (χ2v) is 1.78. The van der Waals surface area contributed by atoms with Crippen LogP contribution in [0.5, 0.6) is 0 Å². The molecule has 0 spiro atoms. The maximum Gasteiger partial charge on any atom is 0.405 e. The van der Waals surface area contributed by atoms with Gasteiger partial charge in [0.1, 0.15) is 0 Å². The van der Waals surface area contributed by atoms with Crippen molar-refractivity contribution in [1.29, 1.82) is 0 Å². The van der Waals surface area contributed by atoms with E-state index in [0.29, 0.717) is 0 Å². The SMILES string of the molecule is CC(=O)[C@@H](C)NC(=O)O. The fourth-order valence-corrected chi connectivity index (χ4v) is 0.287. The highest BCUT2D eigenvalue weighted by Gasteiger charge is 2.08. The molecule has 0 rings (SSSR count). The molecule has 4 nitrogen and oxygen atoms in total. The topological polar surface area (TPSA) is 66.4 Å². The van der Waals surface area contributed by atoms with Gasteiger partial charge in [-0.3, -0.25) is 4.79 Å². The first kappa shape index (κ1) is 7.94. The number of carboxylic acid groups (broad SMARTS) is 1. The Morgan fingerprint density at radius 2 is 2.00 bits per heavy atom. The molecule has 4 heteroatoms. The molecule has 0 aromatic heterocycles. The standard InChI is InChI=1S/C5H9NO3/c1-3(4(2)7)6-5(8)9/h3,6H,1-2H3,(H,8,9)/t3-/m1/s1. The van der Waals surface area contributed by atoms with Crippen LogP contribution in [-0.4, -0.2) is 23.0 Å². The van der Waals surface area contributed by atoms with Gasteiger partial charge >= 0.3 is 6.09 Å². The van der Waals surface area contributed by atoms with Gasteiger partial charge in [-0.25, -0.2) is 4.79 Å². The van der Waals surface area contributed by atoms with E-state index in [1.807, 2.05) is 5.32 Å². The Morgan fingerprint density at radius 3 is 2.11 bits per heavy atom. The maximum atomic E-state index is 10.4. The van der Waals surface area contributed by atoms with Crippen LogP contribution in [0.15, 0.2) is 0 Å². The third-order valence-electron chi connectivity index (χ3n) is 0.950. The van der Waals surface area contributed by atoms with Crippen LogP contribution in [0.25, 0.3) is 0 Å². The van der Waals surface area contributed by atoms with Crippen LogP contribution in [0.1, 0.15) is 13.8 Å². The molecule has 0 unspecified atom stereocenters. The molecule has 0 radical (unpaired) electrons. The minimum Gasteiger partial charge on any atom is -0.465 e. The van der Waals surface area contributed by atoms with Crippen molar-refractivity contribution in [1.82, 2.24) is 5.32 Å². The molecule has 0 aliphatic rings. The molecule has 0 aliphatic heterocycles. The number of nitrogens with one attached hydrogen (secondary N) is 1. The van der Waals surface area contributed by atoms with Gasteiger partial charge in [0.25, 0.3) is 0 Å². The van der Waals surface area contributed by atoms with E-state index in [0.717, 1.165) is 0 Å².